The van der Waals surface area contributed by atoms with Gasteiger partial charge in [-0.15, -0.1) is 0 Å². The van der Waals surface area contributed by atoms with E-state index in [2.05, 4.69) is 35.8 Å². The van der Waals surface area contributed by atoms with Crippen LogP contribution >= 0.6 is 27.5 Å². The van der Waals surface area contributed by atoms with E-state index >= 15 is 0 Å². The van der Waals surface area contributed by atoms with Gasteiger partial charge in [0.05, 0.1) is 11.1 Å². The van der Waals surface area contributed by atoms with Crippen LogP contribution in [0.4, 0.5) is 0 Å². The van der Waals surface area contributed by atoms with Crippen molar-refractivity contribution in [3.8, 4) is 11.5 Å². The van der Waals surface area contributed by atoms with E-state index in [0.29, 0.717) is 16.7 Å². The van der Waals surface area contributed by atoms with Crippen LogP contribution in [0.2, 0.25) is 5.02 Å². The van der Waals surface area contributed by atoms with Gasteiger partial charge in [0, 0.05) is 4.47 Å². The summed E-state index contributed by atoms with van der Waals surface area (Å²) in [7, 11) is 0. The Morgan fingerprint density at radius 1 is 1.05 bits per heavy atom. The maximum atomic E-state index is 9.57. The van der Waals surface area contributed by atoms with Crippen molar-refractivity contribution in [3.05, 3.63) is 57.0 Å². The summed E-state index contributed by atoms with van der Waals surface area (Å²) in [6, 6.07) is 11.3. The minimum atomic E-state index is -0.546. The van der Waals surface area contributed by atoms with Crippen LogP contribution in [0.25, 0.3) is 0 Å². The third-order valence-corrected chi connectivity index (χ3v) is 4.04. The van der Waals surface area contributed by atoms with Crippen molar-refractivity contribution in [1.82, 2.24) is 0 Å². The number of halogens is 2. The third-order valence-electron chi connectivity index (χ3n) is 3.25. The normalized spacial score (nSPS) is 12.5. The first-order chi connectivity index (χ1) is 9.88. The lowest BCUT2D eigenvalue weighted by Crippen LogP contribution is -1.96. The lowest BCUT2D eigenvalue weighted by Gasteiger charge is -2.16. The average Bonchev–Trinajstić information content (AvgIpc) is 2.42. The van der Waals surface area contributed by atoms with Gasteiger partial charge >= 0.3 is 0 Å². The zero-order chi connectivity index (χ0) is 15.6. The Labute approximate surface area is 138 Å². The van der Waals surface area contributed by atoms with Crippen molar-refractivity contribution in [2.75, 3.05) is 0 Å². The molecule has 0 aliphatic rings. The van der Waals surface area contributed by atoms with Crippen molar-refractivity contribution in [3.63, 3.8) is 0 Å². The molecular formula is C17H18BrClO2. The van der Waals surface area contributed by atoms with Gasteiger partial charge in [-0.3, -0.25) is 0 Å². The highest BCUT2D eigenvalue weighted by molar-refractivity contribution is 9.10. The monoisotopic (exact) mass is 368 g/mol. The molecule has 0 aliphatic heterocycles. The fourth-order valence-electron chi connectivity index (χ4n) is 2.04. The van der Waals surface area contributed by atoms with Crippen LogP contribution in [0.1, 0.15) is 43.9 Å². The van der Waals surface area contributed by atoms with Gasteiger partial charge in [0.2, 0.25) is 0 Å². The van der Waals surface area contributed by atoms with Gasteiger partial charge in [0.15, 0.2) is 0 Å². The van der Waals surface area contributed by atoms with E-state index in [4.69, 9.17) is 16.3 Å². The van der Waals surface area contributed by atoms with E-state index in [1.807, 2.05) is 18.2 Å². The van der Waals surface area contributed by atoms with Crippen molar-refractivity contribution in [2.45, 2.75) is 32.8 Å². The van der Waals surface area contributed by atoms with Crippen LogP contribution in [-0.4, -0.2) is 5.11 Å². The number of benzene rings is 2. The highest BCUT2D eigenvalue weighted by atomic mass is 79.9. The summed E-state index contributed by atoms with van der Waals surface area (Å²) < 4.78 is 6.98. The van der Waals surface area contributed by atoms with Crippen LogP contribution in [0, 0.1) is 0 Å². The van der Waals surface area contributed by atoms with Crippen LogP contribution in [0.15, 0.2) is 40.9 Å². The molecule has 0 amide bonds. The first-order valence-corrected chi connectivity index (χ1v) is 8.00. The maximum absolute atomic E-state index is 9.57. The summed E-state index contributed by atoms with van der Waals surface area (Å²) in [5.41, 5.74) is 1.88. The molecule has 1 unspecified atom stereocenters. The molecule has 0 heterocycles. The van der Waals surface area contributed by atoms with Crippen LogP contribution in [0.3, 0.4) is 0 Å². The summed E-state index contributed by atoms with van der Waals surface area (Å²) in [5, 5.41) is 10.1. The minimum absolute atomic E-state index is 0.341. The van der Waals surface area contributed by atoms with Crippen molar-refractivity contribution >= 4 is 27.5 Å². The summed E-state index contributed by atoms with van der Waals surface area (Å²) in [4.78, 5) is 0. The number of ether oxygens (including phenoxy) is 1. The summed E-state index contributed by atoms with van der Waals surface area (Å²) in [6.45, 7) is 5.94. The van der Waals surface area contributed by atoms with E-state index in [9.17, 15) is 5.11 Å². The molecule has 2 nitrogen and oxygen atoms in total. The lowest BCUT2D eigenvalue weighted by atomic mass is 10.0. The molecule has 0 bridgehead atoms. The largest absolute Gasteiger partial charge is 0.456 e. The molecule has 0 spiro atoms. The van der Waals surface area contributed by atoms with E-state index in [-0.39, 0.29) is 0 Å². The molecule has 0 aliphatic carbocycles. The Morgan fingerprint density at radius 2 is 1.71 bits per heavy atom. The van der Waals surface area contributed by atoms with E-state index in [1.54, 1.807) is 19.1 Å². The Morgan fingerprint density at radius 3 is 2.29 bits per heavy atom. The number of aliphatic hydroxyl groups is 1. The van der Waals surface area contributed by atoms with Gasteiger partial charge < -0.3 is 9.84 Å². The molecule has 4 heteroatoms. The molecule has 0 aromatic heterocycles. The maximum Gasteiger partial charge on any atom is 0.146 e. The number of rotatable bonds is 4. The summed E-state index contributed by atoms with van der Waals surface area (Å²) in [5.74, 6) is 1.72. The Kier molecular flexibility index (Phi) is 5.31. The third kappa shape index (κ3) is 4.00. The molecule has 1 atom stereocenters. The standard InChI is InChI=1S/C17H18BrClO2/c1-10(2)14-9-13(18)5-7-16(14)21-17-6-4-12(11(3)20)8-15(17)19/h4-11,20H,1-3H3. The van der Waals surface area contributed by atoms with Gasteiger partial charge in [-0.25, -0.2) is 0 Å². The van der Waals surface area contributed by atoms with Crippen LogP contribution < -0.4 is 4.74 Å². The zero-order valence-corrected chi connectivity index (χ0v) is 14.6. The smallest absolute Gasteiger partial charge is 0.146 e. The fourth-order valence-corrected chi connectivity index (χ4v) is 2.65. The first-order valence-electron chi connectivity index (χ1n) is 6.83. The van der Waals surface area contributed by atoms with Crippen molar-refractivity contribution < 1.29 is 9.84 Å². The molecular weight excluding hydrogens is 352 g/mol. The summed E-state index contributed by atoms with van der Waals surface area (Å²) >= 11 is 9.72. The molecule has 2 rings (SSSR count). The Hall–Kier alpha value is -1.03. The topological polar surface area (TPSA) is 29.5 Å². The molecule has 1 N–H and O–H groups in total. The average molecular weight is 370 g/mol. The summed E-state index contributed by atoms with van der Waals surface area (Å²) in [6.07, 6.45) is -0.546. The van der Waals surface area contributed by atoms with Crippen LogP contribution in [0.5, 0.6) is 11.5 Å². The number of hydrogen-bond acceptors (Lipinski definition) is 2. The van der Waals surface area contributed by atoms with E-state index in [1.165, 1.54) is 0 Å². The minimum Gasteiger partial charge on any atom is -0.456 e. The van der Waals surface area contributed by atoms with E-state index in [0.717, 1.165) is 21.3 Å². The quantitative estimate of drug-likeness (QED) is 0.708. The number of aliphatic hydroxyl groups excluding tert-OH is 1. The molecule has 2 aromatic rings. The molecule has 112 valence electrons. The van der Waals surface area contributed by atoms with Gasteiger partial charge in [-0.05, 0) is 54.3 Å². The van der Waals surface area contributed by atoms with Crippen molar-refractivity contribution in [1.29, 1.82) is 0 Å². The molecule has 0 fully saturated rings. The zero-order valence-electron chi connectivity index (χ0n) is 12.2. The van der Waals surface area contributed by atoms with E-state index < -0.39 is 6.10 Å². The Balaban J connectivity index is 2.34. The highest BCUT2D eigenvalue weighted by Crippen LogP contribution is 2.36. The Bertz CT molecular complexity index is 639. The number of hydrogen-bond donors (Lipinski definition) is 1. The predicted molar refractivity (Wildman–Crippen MR) is 90.4 cm³/mol. The predicted octanol–water partition coefficient (Wildman–Crippen LogP) is 6.07. The second-order valence-corrected chi connectivity index (χ2v) is 6.63. The van der Waals surface area contributed by atoms with Gasteiger partial charge in [0.25, 0.3) is 0 Å². The SMILES string of the molecule is CC(C)c1cc(Br)ccc1Oc1ccc(C(C)O)cc1Cl. The van der Waals surface area contributed by atoms with Crippen molar-refractivity contribution in [2.24, 2.45) is 0 Å². The second-order valence-electron chi connectivity index (χ2n) is 5.30. The van der Waals surface area contributed by atoms with Gasteiger partial charge in [-0.1, -0.05) is 47.4 Å². The molecule has 0 saturated carbocycles. The highest BCUT2D eigenvalue weighted by Gasteiger charge is 2.12. The fraction of sp³-hybridized carbons (Fsp3) is 0.294. The van der Waals surface area contributed by atoms with Crippen LogP contribution in [-0.2, 0) is 0 Å². The second kappa shape index (κ2) is 6.82. The first kappa shape index (κ1) is 16.3. The van der Waals surface area contributed by atoms with Gasteiger partial charge in [0.1, 0.15) is 11.5 Å². The molecule has 0 saturated heterocycles. The lowest BCUT2D eigenvalue weighted by molar-refractivity contribution is 0.199. The molecule has 21 heavy (non-hydrogen) atoms. The van der Waals surface area contributed by atoms with Gasteiger partial charge in [-0.2, -0.15) is 0 Å². The molecule has 2 aromatic carbocycles. The molecule has 0 radical (unpaired) electrons.